The Morgan fingerprint density at radius 1 is 1.14 bits per heavy atom. The summed E-state index contributed by atoms with van der Waals surface area (Å²) in [5.41, 5.74) is 0.497. The molecule has 3 aliphatic rings. The highest BCUT2D eigenvalue weighted by atomic mass is 16.6. The van der Waals surface area contributed by atoms with E-state index in [2.05, 4.69) is 0 Å². The molecule has 1 N–H and O–H groups in total. The van der Waals surface area contributed by atoms with E-state index in [4.69, 9.17) is 9.47 Å². The predicted molar refractivity (Wildman–Crippen MR) is 72.6 cm³/mol. The number of carbonyl (C=O) groups excluding carboxylic acids is 3. The maximum atomic E-state index is 12.8. The van der Waals surface area contributed by atoms with E-state index in [1.807, 2.05) is 0 Å². The molecule has 1 aromatic rings. The van der Waals surface area contributed by atoms with Crippen molar-refractivity contribution < 1.29 is 29.0 Å². The van der Waals surface area contributed by atoms with Crippen LogP contribution in [0.15, 0.2) is 29.3 Å². The zero-order valence-corrected chi connectivity index (χ0v) is 11.7. The van der Waals surface area contributed by atoms with Crippen LogP contribution in [-0.4, -0.2) is 41.0 Å². The Balaban J connectivity index is 1.95. The highest BCUT2D eigenvalue weighted by Gasteiger charge is 2.51. The number of hydrogen-bond acceptors (Lipinski definition) is 6. The van der Waals surface area contributed by atoms with Gasteiger partial charge in [-0.15, -0.1) is 0 Å². The molecule has 0 bridgehead atoms. The summed E-state index contributed by atoms with van der Waals surface area (Å²) >= 11 is 0. The Morgan fingerprint density at radius 3 is 2.68 bits per heavy atom. The number of phenolic OH excluding ortho intramolecular Hbond substituents is 1. The first-order valence-electron chi connectivity index (χ1n) is 6.99. The molecule has 2 aliphatic heterocycles. The Morgan fingerprint density at radius 2 is 1.91 bits per heavy atom. The molecular formula is C16H12O6. The van der Waals surface area contributed by atoms with Crippen LogP contribution in [0.4, 0.5) is 0 Å². The monoisotopic (exact) mass is 300 g/mol. The standard InChI is InChI=1S/C16H12O6/c1-6-11-13(16-9(21-6)5-10(18)22-16)14(19)7-3-2-4-8(17)12(7)15(11)20/h2-4,6,9,16-17H,5H2,1H3/t6-,9?,16?/m0/s1. The van der Waals surface area contributed by atoms with Crippen LogP contribution in [0.1, 0.15) is 34.1 Å². The van der Waals surface area contributed by atoms with Crippen LogP contribution in [0, 0.1) is 0 Å². The summed E-state index contributed by atoms with van der Waals surface area (Å²) in [6, 6.07) is 4.36. The maximum absolute atomic E-state index is 12.8. The van der Waals surface area contributed by atoms with Crippen molar-refractivity contribution >= 4 is 17.5 Å². The van der Waals surface area contributed by atoms with Crippen molar-refractivity contribution in [3.63, 3.8) is 0 Å². The lowest BCUT2D eigenvalue weighted by Gasteiger charge is -2.35. The number of esters is 1. The van der Waals surface area contributed by atoms with Gasteiger partial charge in [-0.25, -0.2) is 0 Å². The lowest BCUT2D eigenvalue weighted by molar-refractivity contribution is -0.140. The number of rotatable bonds is 0. The van der Waals surface area contributed by atoms with Gasteiger partial charge in [0.15, 0.2) is 17.7 Å². The average molecular weight is 300 g/mol. The molecule has 22 heavy (non-hydrogen) atoms. The molecule has 3 atom stereocenters. The molecule has 112 valence electrons. The van der Waals surface area contributed by atoms with Gasteiger partial charge in [-0.1, -0.05) is 12.1 Å². The molecular weight excluding hydrogens is 288 g/mol. The Kier molecular flexibility index (Phi) is 2.56. The number of Topliss-reactive ketones (excluding diaryl/α,β-unsaturated/α-hetero) is 2. The number of aromatic hydroxyl groups is 1. The molecule has 0 amide bonds. The molecule has 1 fully saturated rings. The Bertz CT molecular complexity index is 775. The summed E-state index contributed by atoms with van der Waals surface area (Å²) in [5.74, 6) is -1.52. The molecule has 6 heteroatoms. The molecule has 4 rings (SSSR count). The molecule has 1 aromatic carbocycles. The lowest BCUT2D eigenvalue weighted by atomic mass is 9.77. The quantitative estimate of drug-likeness (QED) is 0.723. The van der Waals surface area contributed by atoms with Crippen LogP contribution in [0.5, 0.6) is 5.75 Å². The van der Waals surface area contributed by atoms with Gasteiger partial charge in [0, 0.05) is 11.1 Å². The number of benzene rings is 1. The minimum Gasteiger partial charge on any atom is -0.507 e. The second-order valence-corrected chi connectivity index (χ2v) is 5.62. The zero-order chi connectivity index (χ0) is 15.6. The molecule has 2 heterocycles. The van der Waals surface area contributed by atoms with Crippen molar-refractivity contribution in [3.8, 4) is 5.75 Å². The Labute approximate surface area is 125 Å². The smallest absolute Gasteiger partial charge is 0.309 e. The Hall–Kier alpha value is -2.47. The second-order valence-electron chi connectivity index (χ2n) is 5.62. The molecule has 1 saturated heterocycles. The van der Waals surface area contributed by atoms with Gasteiger partial charge in [-0.2, -0.15) is 0 Å². The average Bonchev–Trinajstić information content (AvgIpc) is 2.83. The third kappa shape index (κ3) is 1.55. The molecule has 0 aromatic heterocycles. The summed E-state index contributed by atoms with van der Waals surface area (Å²) in [7, 11) is 0. The molecule has 1 aliphatic carbocycles. The van der Waals surface area contributed by atoms with Crippen LogP contribution < -0.4 is 0 Å². The molecule has 6 nitrogen and oxygen atoms in total. The predicted octanol–water partition coefficient (Wildman–Crippen LogP) is 1.17. The minimum absolute atomic E-state index is 0.00975. The SMILES string of the molecule is C[C@@H]1OC2CC(=O)OC2C2=C1C(=O)c1c(O)cccc1C2=O. The summed E-state index contributed by atoms with van der Waals surface area (Å²) in [5, 5.41) is 9.93. The highest BCUT2D eigenvalue weighted by Crippen LogP contribution is 2.42. The van der Waals surface area contributed by atoms with Gasteiger partial charge < -0.3 is 14.6 Å². The number of hydrogen-bond donors (Lipinski definition) is 1. The first kappa shape index (κ1) is 13.2. The van der Waals surface area contributed by atoms with Gasteiger partial charge in [-0.05, 0) is 13.0 Å². The van der Waals surface area contributed by atoms with Crippen molar-refractivity contribution in [1.29, 1.82) is 0 Å². The van der Waals surface area contributed by atoms with Crippen LogP contribution in [0.3, 0.4) is 0 Å². The van der Waals surface area contributed by atoms with E-state index in [0.29, 0.717) is 0 Å². The zero-order valence-electron chi connectivity index (χ0n) is 11.7. The normalized spacial score (nSPS) is 29.9. The van der Waals surface area contributed by atoms with Gasteiger partial charge in [0.2, 0.25) is 0 Å². The summed E-state index contributed by atoms with van der Waals surface area (Å²) in [6.07, 6.45) is -1.95. The first-order chi connectivity index (χ1) is 10.5. The van der Waals surface area contributed by atoms with E-state index in [-0.39, 0.29) is 40.2 Å². The number of ether oxygens (including phenoxy) is 2. The third-order valence-corrected chi connectivity index (χ3v) is 4.33. The van der Waals surface area contributed by atoms with E-state index in [0.717, 1.165) is 0 Å². The fourth-order valence-corrected chi connectivity index (χ4v) is 3.41. The highest BCUT2D eigenvalue weighted by molar-refractivity contribution is 6.28. The summed E-state index contributed by atoms with van der Waals surface area (Å²) in [6.45, 7) is 1.66. The number of carbonyl (C=O) groups is 3. The van der Waals surface area contributed by atoms with Crippen LogP contribution in [-0.2, 0) is 14.3 Å². The lowest BCUT2D eigenvalue weighted by Crippen LogP contribution is -2.44. The minimum atomic E-state index is -0.842. The van der Waals surface area contributed by atoms with Crippen molar-refractivity contribution in [2.75, 3.05) is 0 Å². The summed E-state index contributed by atoms with van der Waals surface area (Å²) < 4.78 is 10.9. The first-order valence-corrected chi connectivity index (χ1v) is 6.99. The maximum Gasteiger partial charge on any atom is 0.309 e. The van der Waals surface area contributed by atoms with Crippen molar-refractivity contribution in [1.82, 2.24) is 0 Å². The number of phenols is 1. The van der Waals surface area contributed by atoms with E-state index in [9.17, 15) is 19.5 Å². The summed E-state index contributed by atoms with van der Waals surface area (Å²) in [4.78, 5) is 37.0. The van der Waals surface area contributed by atoms with Gasteiger partial charge in [-0.3, -0.25) is 14.4 Å². The van der Waals surface area contributed by atoms with Gasteiger partial charge in [0.25, 0.3) is 0 Å². The second kappa shape index (κ2) is 4.27. The topological polar surface area (TPSA) is 89.9 Å². The van der Waals surface area contributed by atoms with Gasteiger partial charge in [0.05, 0.1) is 23.7 Å². The number of ketones is 2. The third-order valence-electron chi connectivity index (χ3n) is 4.33. The van der Waals surface area contributed by atoms with E-state index in [1.54, 1.807) is 6.92 Å². The van der Waals surface area contributed by atoms with E-state index < -0.39 is 30.1 Å². The fraction of sp³-hybridized carbons (Fsp3) is 0.312. The number of fused-ring (bicyclic) bond motifs is 3. The molecule has 0 spiro atoms. The van der Waals surface area contributed by atoms with E-state index in [1.165, 1.54) is 18.2 Å². The van der Waals surface area contributed by atoms with E-state index >= 15 is 0 Å². The van der Waals surface area contributed by atoms with Crippen LogP contribution >= 0.6 is 0 Å². The van der Waals surface area contributed by atoms with Gasteiger partial charge >= 0.3 is 5.97 Å². The fourth-order valence-electron chi connectivity index (χ4n) is 3.41. The van der Waals surface area contributed by atoms with Crippen molar-refractivity contribution in [3.05, 3.63) is 40.5 Å². The van der Waals surface area contributed by atoms with Crippen LogP contribution in [0.25, 0.3) is 0 Å². The van der Waals surface area contributed by atoms with Gasteiger partial charge in [0.1, 0.15) is 11.9 Å². The van der Waals surface area contributed by atoms with Crippen LogP contribution in [0.2, 0.25) is 0 Å². The largest absolute Gasteiger partial charge is 0.507 e. The molecule has 2 unspecified atom stereocenters. The van der Waals surface area contributed by atoms with Crippen molar-refractivity contribution in [2.24, 2.45) is 0 Å². The van der Waals surface area contributed by atoms with Crippen molar-refractivity contribution in [2.45, 2.75) is 31.7 Å². The molecule has 0 saturated carbocycles. The molecule has 0 radical (unpaired) electrons.